The van der Waals surface area contributed by atoms with E-state index in [1.165, 1.54) is 19.3 Å². The van der Waals surface area contributed by atoms with Crippen LogP contribution in [0.15, 0.2) is 0 Å². The van der Waals surface area contributed by atoms with Crippen LogP contribution >= 0.6 is 0 Å². The van der Waals surface area contributed by atoms with Gasteiger partial charge in [0, 0.05) is 25.2 Å². The lowest BCUT2D eigenvalue weighted by atomic mass is 9.72. The van der Waals surface area contributed by atoms with E-state index in [9.17, 15) is 0 Å². The number of ether oxygens (including phenoxy) is 1. The van der Waals surface area contributed by atoms with Gasteiger partial charge in [-0.3, -0.25) is 4.90 Å². The highest BCUT2D eigenvalue weighted by Crippen LogP contribution is 2.37. The third-order valence-electron chi connectivity index (χ3n) is 4.43. The molecule has 3 nitrogen and oxygen atoms in total. The SMILES string of the molecule is CCNC1CCC(C)(C)CC1N(CC)CCOCC. The average molecular weight is 270 g/mol. The fraction of sp³-hybridized carbons (Fsp3) is 1.00. The van der Waals surface area contributed by atoms with E-state index in [2.05, 4.69) is 44.8 Å². The van der Waals surface area contributed by atoms with Crippen molar-refractivity contribution in [3.8, 4) is 0 Å². The summed E-state index contributed by atoms with van der Waals surface area (Å²) in [4.78, 5) is 2.61. The van der Waals surface area contributed by atoms with Crippen LogP contribution in [0.4, 0.5) is 0 Å². The highest BCUT2D eigenvalue weighted by molar-refractivity contribution is 4.94. The van der Waals surface area contributed by atoms with E-state index in [4.69, 9.17) is 4.74 Å². The van der Waals surface area contributed by atoms with Crippen LogP contribution in [-0.4, -0.2) is 49.8 Å². The second-order valence-electron chi connectivity index (χ2n) is 6.46. The number of hydrogen-bond acceptors (Lipinski definition) is 3. The third kappa shape index (κ3) is 5.41. The molecule has 1 N–H and O–H groups in total. The molecule has 0 spiro atoms. The van der Waals surface area contributed by atoms with Crippen molar-refractivity contribution in [1.29, 1.82) is 0 Å². The summed E-state index contributed by atoms with van der Waals surface area (Å²) in [6.45, 7) is 16.3. The number of likely N-dealkylation sites (N-methyl/N-ethyl adjacent to an activating group) is 2. The predicted molar refractivity (Wildman–Crippen MR) is 82.6 cm³/mol. The number of rotatable bonds is 8. The van der Waals surface area contributed by atoms with E-state index in [1.54, 1.807) is 0 Å². The monoisotopic (exact) mass is 270 g/mol. The molecule has 19 heavy (non-hydrogen) atoms. The summed E-state index contributed by atoms with van der Waals surface area (Å²) in [5.74, 6) is 0. The molecular formula is C16H34N2O. The Balaban J connectivity index is 2.63. The van der Waals surface area contributed by atoms with E-state index in [0.29, 0.717) is 17.5 Å². The molecule has 3 heteroatoms. The van der Waals surface area contributed by atoms with Crippen LogP contribution in [0, 0.1) is 5.41 Å². The zero-order valence-electron chi connectivity index (χ0n) is 13.7. The second-order valence-corrected chi connectivity index (χ2v) is 6.46. The summed E-state index contributed by atoms with van der Waals surface area (Å²) in [5, 5.41) is 3.70. The molecule has 0 aromatic carbocycles. The highest BCUT2D eigenvalue weighted by Gasteiger charge is 2.36. The van der Waals surface area contributed by atoms with Crippen molar-refractivity contribution in [3.05, 3.63) is 0 Å². The maximum atomic E-state index is 5.54. The Morgan fingerprint density at radius 2 is 2.00 bits per heavy atom. The van der Waals surface area contributed by atoms with E-state index in [0.717, 1.165) is 32.8 Å². The molecule has 0 heterocycles. The molecule has 1 aliphatic carbocycles. The summed E-state index contributed by atoms with van der Waals surface area (Å²) in [5.41, 5.74) is 0.482. The van der Waals surface area contributed by atoms with Crippen molar-refractivity contribution in [3.63, 3.8) is 0 Å². The first kappa shape index (κ1) is 16.9. The summed E-state index contributed by atoms with van der Waals surface area (Å²) < 4.78 is 5.54. The van der Waals surface area contributed by atoms with Crippen LogP contribution in [0.1, 0.15) is 53.9 Å². The van der Waals surface area contributed by atoms with Gasteiger partial charge in [-0.05, 0) is 44.7 Å². The fourth-order valence-corrected chi connectivity index (χ4v) is 3.32. The summed E-state index contributed by atoms with van der Waals surface area (Å²) >= 11 is 0. The molecule has 0 saturated heterocycles. The molecule has 1 fully saturated rings. The van der Waals surface area contributed by atoms with E-state index in [-0.39, 0.29) is 0 Å². The molecule has 2 unspecified atom stereocenters. The zero-order valence-corrected chi connectivity index (χ0v) is 13.7. The summed E-state index contributed by atoms with van der Waals surface area (Å²) in [6.07, 6.45) is 3.94. The minimum atomic E-state index is 0.482. The molecule has 2 atom stereocenters. The van der Waals surface area contributed by atoms with Crippen LogP contribution < -0.4 is 5.32 Å². The van der Waals surface area contributed by atoms with Gasteiger partial charge in [0.05, 0.1) is 6.61 Å². The van der Waals surface area contributed by atoms with Crippen LogP contribution in [-0.2, 0) is 4.74 Å². The zero-order chi connectivity index (χ0) is 14.3. The van der Waals surface area contributed by atoms with Crippen molar-refractivity contribution in [2.45, 2.75) is 66.0 Å². The van der Waals surface area contributed by atoms with Crippen molar-refractivity contribution in [2.75, 3.05) is 32.8 Å². The highest BCUT2D eigenvalue weighted by atomic mass is 16.5. The Morgan fingerprint density at radius 1 is 1.26 bits per heavy atom. The van der Waals surface area contributed by atoms with Crippen LogP contribution in [0.5, 0.6) is 0 Å². The van der Waals surface area contributed by atoms with Gasteiger partial charge < -0.3 is 10.1 Å². The van der Waals surface area contributed by atoms with E-state index in [1.807, 2.05) is 0 Å². The topological polar surface area (TPSA) is 24.5 Å². The molecule has 0 amide bonds. The van der Waals surface area contributed by atoms with Gasteiger partial charge in [-0.2, -0.15) is 0 Å². The fourth-order valence-electron chi connectivity index (χ4n) is 3.32. The lowest BCUT2D eigenvalue weighted by molar-refractivity contribution is 0.0419. The van der Waals surface area contributed by atoms with Crippen molar-refractivity contribution in [1.82, 2.24) is 10.2 Å². The molecule has 0 radical (unpaired) electrons. The molecule has 0 bridgehead atoms. The lowest BCUT2D eigenvalue weighted by Crippen LogP contribution is -2.55. The maximum Gasteiger partial charge on any atom is 0.0593 e. The standard InChI is InChI=1S/C16H34N2O/c1-6-17-14-9-10-16(4,5)13-15(14)18(7-2)11-12-19-8-3/h14-15,17H,6-13H2,1-5H3. The quantitative estimate of drug-likeness (QED) is 0.686. The smallest absolute Gasteiger partial charge is 0.0593 e. The van der Waals surface area contributed by atoms with Crippen molar-refractivity contribution >= 4 is 0 Å². The normalized spacial score (nSPS) is 26.8. The summed E-state index contributed by atoms with van der Waals surface area (Å²) in [6, 6.07) is 1.31. The number of hydrogen-bond donors (Lipinski definition) is 1. The summed E-state index contributed by atoms with van der Waals surface area (Å²) in [7, 11) is 0. The average Bonchev–Trinajstić information content (AvgIpc) is 2.37. The third-order valence-corrected chi connectivity index (χ3v) is 4.43. The van der Waals surface area contributed by atoms with Gasteiger partial charge in [0.2, 0.25) is 0 Å². The minimum Gasteiger partial charge on any atom is -0.380 e. The molecule has 1 saturated carbocycles. The first-order chi connectivity index (χ1) is 9.04. The number of nitrogens with zero attached hydrogens (tertiary/aromatic N) is 1. The Morgan fingerprint density at radius 3 is 2.58 bits per heavy atom. The lowest BCUT2D eigenvalue weighted by Gasteiger charge is -2.46. The van der Waals surface area contributed by atoms with Crippen molar-refractivity contribution < 1.29 is 4.74 Å². The van der Waals surface area contributed by atoms with Gasteiger partial charge in [0.25, 0.3) is 0 Å². The Bertz CT molecular complexity index is 243. The second kappa shape index (κ2) is 8.23. The molecular weight excluding hydrogens is 236 g/mol. The van der Waals surface area contributed by atoms with Gasteiger partial charge >= 0.3 is 0 Å². The molecule has 0 aromatic rings. The van der Waals surface area contributed by atoms with Gasteiger partial charge in [-0.1, -0.05) is 27.7 Å². The molecule has 0 aliphatic heterocycles. The van der Waals surface area contributed by atoms with E-state index < -0.39 is 0 Å². The molecule has 1 rings (SSSR count). The first-order valence-corrected chi connectivity index (χ1v) is 8.09. The van der Waals surface area contributed by atoms with Gasteiger partial charge in [0.15, 0.2) is 0 Å². The molecule has 1 aliphatic rings. The maximum absolute atomic E-state index is 5.54. The largest absolute Gasteiger partial charge is 0.380 e. The predicted octanol–water partition coefficient (Wildman–Crippen LogP) is 2.90. The van der Waals surface area contributed by atoms with Gasteiger partial charge in [0.1, 0.15) is 0 Å². The van der Waals surface area contributed by atoms with Crippen LogP contribution in [0.2, 0.25) is 0 Å². The number of nitrogens with one attached hydrogen (secondary N) is 1. The van der Waals surface area contributed by atoms with Gasteiger partial charge in [-0.15, -0.1) is 0 Å². The van der Waals surface area contributed by atoms with Crippen molar-refractivity contribution in [2.24, 2.45) is 5.41 Å². The molecule has 0 aromatic heterocycles. The molecule has 114 valence electrons. The Kier molecular flexibility index (Phi) is 7.33. The first-order valence-electron chi connectivity index (χ1n) is 8.09. The van der Waals surface area contributed by atoms with Gasteiger partial charge in [-0.25, -0.2) is 0 Å². The van der Waals surface area contributed by atoms with Crippen LogP contribution in [0.3, 0.4) is 0 Å². The Hall–Kier alpha value is -0.120. The Labute approximate surface area is 120 Å². The minimum absolute atomic E-state index is 0.482. The van der Waals surface area contributed by atoms with E-state index >= 15 is 0 Å². The van der Waals surface area contributed by atoms with Crippen LogP contribution in [0.25, 0.3) is 0 Å².